The highest BCUT2D eigenvalue weighted by atomic mass is 35.5. The molecule has 1 amide bonds. The van der Waals surface area contributed by atoms with Gasteiger partial charge in [-0.1, -0.05) is 23.7 Å². The molecular formula is C15H17ClN4O. The van der Waals surface area contributed by atoms with Crippen LogP contribution >= 0.6 is 11.6 Å². The van der Waals surface area contributed by atoms with E-state index in [1.807, 2.05) is 23.1 Å². The summed E-state index contributed by atoms with van der Waals surface area (Å²) in [6.07, 6.45) is 1.64. The lowest BCUT2D eigenvalue weighted by atomic mass is 10.2. The maximum Gasteiger partial charge on any atom is 0.263 e. The number of rotatable bonds is 4. The molecule has 110 valence electrons. The zero-order valence-electron chi connectivity index (χ0n) is 11.6. The van der Waals surface area contributed by atoms with Crippen LogP contribution in [-0.2, 0) is 11.3 Å². The summed E-state index contributed by atoms with van der Waals surface area (Å²) in [5, 5.41) is 15.7. The van der Waals surface area contributed by atoms with Crippen molar-refractivity contribution in [2.45, 2.75) is 6.54 Å². The standard InChI is InChI=1S/C15H17ClN4O/c16-14-3-1-12(2-4-14)10-19-15(21)13(9-17)11-20-7-5-18-6-8-20/h1-4,11,18H,5-8,10H2,(H,19,21)/b13-11-. The number of halogens is 1. The van der Waals surface area contributed by atoms with Gasteiger partial charge >= 0.3 is 0 Å². The topological polar surface area (TPSA) is 68.2 Å². The number of nitriles is 1. The van der Waals surface area contributed by atoms with Crippen LogP contribution in [0.3, 0.4) is 0 Å². The van der Waals surface area contributed by atoms with Gasteiger partial charge in [-0.25, -0.2) is 0 Å². The molecule has 0 aromatic heterocycles. The monoisotopic (exact) mass is 304 g/mol. The Bertz CT molecular complexity index is 556. The van der Waals surface area contributed by atoms with Gasteiger partial charge in [0.2, 0.25) is 0 Å². The highest BCUT2D eigenvalue weighted by Gasteiger charge is 2.12. The minimum atomic E-state index is -0.356. The smallest absolute Gasteiger partial charge is 0.263 e. The maximum absolute atomic E-state index is 12.0. The summed E-state index contributed by atoms with van der Waals surface area (Å²) in [6, 6.07) is 9.18. The molecule has 0 bridgehead atoms. The van der Waals surface area contributed by atoms with E-state index in [1.54, 1.807) is 18.3 Å². The number of nitrogens with zero attached hydrogens (tertiary/aromatic N) is 2. The van der Waals surface area contributed by atoms with Crippen LogP contribution < -0.4 is 10.6 Å². The third kappa shape index (κ3) is 4.78. The molecular weight excluding hydrogens is 288 g/mol. The molecule has 0 saturated carbocycles. The third-order valence-corrected chi connectivity index (χ3v) is 3.45. The Hall–Kier alpha value is -2.03. The van der Waals surface area contributed by atoms with E-state index in [2.05, 4.69) is 10.6 Å². The molecule has 1 aromatic carbocycles. The Morgan fingerprint density at radius 3 is 2.67 bits per heavy atom. The largest absolute Gasteiger partial charge is 0.374 e. The van der Waals surface area contributed by atoms with Gasteiger partial charge in [-0.05, 0) is 17.7 Å². The minimum Gasteiger partial charge on any atom is -0.374 e. The van der Waals surface area contributed by atoms with E-state index in [0.717, 1.165) is 31.7 Å². The fraction of sp³-hybridized carbons (Fsp3) is 0.333. The first kappa shape index (κ1) is 15.4. The second-order valence-corrected chi connectivity index (χ2v) is 5.19. The molecule has 1 aromatic rings. The lowest BCUT2D eigenvalue weighted by molar-refractivity contribution is -0.117. The van der Waals surface area contributed by atoms with Crippen molar-refractivity contribution < 1.29 is 4.79 Å². The van der Waals surface area contributed by atoms with Gasteiger partial charge in [-0.15, -0.1) is 0 Å². The first-order valence-electron chi connectivity index (χ1n) is 6.78. The number of amides is 1. The summed E-state index contributed by atoms with van der Waals surface area (Å²) >= 11 is 5.81. The van der Waals surface area contributed by atoms with Gasteiger partial charge in [0.1, 0.15) is 11.6 Å². The Kier molecular flexibility index (Phi) is 5.61. The van der Waals surface area contributed by atoms with Crippen LogP contribution in [-0.4, -0.2) is 37.0 Å². The summed E-state index contributed by atoms with van der Waals surface area (Å²) < 4.78 is 0. The fourth-order valence-electron chi connectivity index (χ4n) is 2.01. The summed E-state index contributed by atoms with van der Waals surface area (Å²) in [4.78, 5) is 14.0. The van der Waals surface area contributed by atoms with Crippen molar-refractivity contribution in [1.82, 2.24) is 15.5 Å². The van der Waals surface area contributed by atoms with Gasteiger partial charge in [0, 0.05) is 43.9 Å². The van der Waals surface area contributed by atoms with Gasteiger partial charge in [0.05, 0.1) is 0 Å². The van der Waals surface area contributed by atoms with Crippen molar-refractivity contribution >= 4 is 17.5 Å². The van der Waals surface area contributed by atoms with E-state index in [1.165, 1.54) is 0 Å². The second-order valence-electron chi connectivity index (χ2n) is 4.75. The van der Waals surface area contributed by atoms with Crippen molar-refractivity contribution in [3.05, 3.63) is 46.6 Å². The summed E-state index contributed by atoms with van der Waals surface area (Å²) in [6.45, 7) is 3.70. The molecule has 0 atom stereocenters. The summed E-state index contributed by atoms with van der Waals surface area (Å²) in [5.74, 6) is -0.356. The average Bonchev–Trinajstić information content (AvgIpc) is 2.52. The van der Waals surface area contributed by atoms with Gasteiger partial charge in [0.15, 0.2) is 0 Å². The molecule has 0 spiro atoms. The van der Waals surface area contributed by atoms with Crippen molar-refractivity contribution in [2.24, 2.45) is 0 Å². The van der Waals surface area contributed by atoms with E-state index in [9.17, 15) is 4.79 Å². The molecule has 1 aliphatic heterocycles. The molecule has 5 nitrogen and oxygen atoms in total. The maximum atomic E-state index is 12.0. The number of hydrogen-bond donors (Lipinski definition) is 2. The van der Waals surface area contributed by atoms with E-state index >= 15 is 0 Å². The highest BCUT2D eigenvalue weighted by molar-refractivity contribution is 6.30. The minimum absolute atomic E-state index is 0.130. The van der Waals surface area contributed by atoms with E-state index in [0.29, 0.717) is 11.6 Å². The first-order chi connectivity index (χ1) is 10.2. The zero-order valence-corrected chi connectivity index (χ0v) is 12.4. The first-order valence-corrected chi connectivity index (χ1v) is 7.16. The SMILES string of the molecule is N#C/C(=C/N1CCNCC1)C(=O)NCc1ccc(Cl)cc1. The normalized spacial score (nSPS) is 15.4. The number of benzene rings is 1. The molecule has 1 aliphatic rings. The van der Waals surface area contributed by atoms with Crippen LogP contribution in [0.15, 0.2) is 36.0 Å². The van der Waals surface area contributed by atoms with Gasteiger partial charge in [-0.2, -0.15) is 5.26 Å². The van der Waals surface area contributed by atoms with Crippen LogP contribution in [0.5, 0.6) is 0 Å². The van der Waals surface area contributed by atoms with Crippen LogP contribution in [0, 0.1) is 11.3 Å². The third-order valence-electron chi connectivity index (χ3n) is 3.19. The molecule has 0 radical (unpaired) electrons. The Balaban J connectivity index is 1.92. The van der Waals surface area contributed by atoms with E-state index in [-0.39, 0.29) is 11.5 Å². The molecule has 0 aliphatic carbocycles. The number of nitrogens with one attached hydrogen (secondary N) is 2. The van der Waals surface area contributed by atoms with E-state index in [4.69, 9.17) is 16.9 Å². The van der Waals surface area contributed by atoms with Gasteiger partial charge in [-0.3, -0.25) is 4.79 Å². The van der Waals surface area contributed by atoms with E-state index < -0.39 is 0 Å². The zero-order chi connectivity index (χ0) is 15.1. The lowest BCUT2D eigenvalue weighted by Gasteiger charge is -2.26. The molecule has 21 heavy (non-hydrogen) atoms. The van der Waals surface area contributed by atoms with Crippen LogP contribution in [0.4, 0.5) is 0 Å². The predicted molar refractivity (Wildman–Crippen MR) is 81.4 cm³/mol. The van der Waals surface area contributed by atoms with Crippen molar-refractivity contribution in [1.29, 1.82) is 5.26 Å². The Morgan fingerprint density at radius 1 is 1.38 bits per heavy atom. The number of hydrogen-bond acceptors (Lipinski definition) is 4. The lowest BCUT2D eigenvalue weighted by Crippen LogP contribution is -2.41. The summed E-state index contributed by atoms with van der Waals surface area (Å²) in [5.41, 5.74) is 1.07. The van der Waals surface area contributed by atoms with Crippen molar-refractivity contribution in [3.63, 3.8) is 0 Å². The molecule has 2 rings (SSSR count). The Labute approximate surface area is 129 Å². The van der Waals surface area contributed by atoms with Crippen molar-refractivity contribution in [2.75, 3.05) is 26.2 Å². The molecule has 2 N–H and O–H groups in total. The van der Waals surface area contributed by atoms with Crippen LogP contribution in [0.1, 0.15) is 5.56 Å². The summed E-state index contributed by atoms with van der Waals surface area (Å²) in [7, 11) is 0. The van der Waals surface area contributed by atoms with Crippen LogP contribution in [0.2, 0.25) is 5.02 Å². The second kappa shape index (κ2) is 7.67. The molecule has 1 heterocycles. The molecule has 6 heteroatoms. The number of carbonyl (C=O) groups is 1. The van der Waals surface area contributed by atoms with Gasteiger partial charge < -0.3 is 15.5 Å². The quantitative estimate of drug-likeness (QED) is 0.649. The molecule has 1 fully saturated rings. The molecule has 0 unspecified atom stereocenters. The Morgan fingerprint density at radius 2 is 2.05 bits per heavy atom. The highest BCUT2D eigenvalue weighted by Crippen LogP contribution is 2.09. The van der Waals surface area contributed by atoms with Crippen LogP contribution in [0.25, 0.3) is 0 Å². The van der Waals surface area contributed by atoms with Crippen molar-refractivity contribution in [3.8, 4) is 6.07 Å². The predicted octanol–water partition coefficient (Wildman–Crippen LogP) is 1.27. The fourth-order valence-corrected chi connectivity index (χ4v) is 2.14. The van der Waals surface area contributed by atoms with Gasteiger partial charge in [0.25, 0.3) is 5.91 Å². The number of carbonyl (C=O) groups excluding carboxylic acids is 1. The average molecular weight is 305 g/mol. The molecule has 1 saturated heterocycles. The number of piperazine rings is 1.